The van der Waals surface area contributed by atoms with Gasteiger partial charge in [-0.05, 0) is 43.5 Å². The molecule has 1 aliphatic rings. The van der Waals surface area contributed by atoms with E-state index in [-0.39, 0.29) is 6.61 Å². The molecule has 0 radical (unpaired) electrons. The number of aliphatic hydroxyl groups excluding tert-OH is 1. The summed E-state index contributed by atoms with van der Waals surface area (Å²) >= 11 is 0. The SMILES string of the molecule is CCC1CCCCCN1Cc1cccc(C#CCO)c1. The summed E-state index contributed by atoms with van der Waals surface area (Å²) in [6.45, 7) is 4.46. The standard InChI is InChI=1S/C18H25NO/c1-2-18-11-4-3-5-12-19(18)15-17-9-6-8-16(14-17)10-7-13-20/h6,8-9,14,18,20H,2-5,11-13,15H2,1H3. The molecule has 0 amide bonds. The predicted octanol–water partition coefficient (Wildman–Crippen LogP) is 3.19. The second kappa shape index (κ2) is 8.09. The van der Waals surface area contributed by atoms with Crippen LogP contribution in [0.5, 0.6) is 0 Å². The first kappa shape index (κ1) is 15.1. The highest BCUT2D eigenvalue weighted by Crippen LogP contribution is 2.21. The van der Waals surface area contributed by atoms with Gasteiger partial charge in [0.15, 0.2) is 0 Å². The number of hydrogen-bond acceptors (Lipinski definition) is 2. The number of nitrogens with zero attached hydrogens (tertiary/aromatic N) is 1. The molecule has 0 aromatic heterocycles. The maximum absolute atomic E-state index is 8.77. The number of aliphatic hydroxyl groups is 1. The summed E-state index contributed by atoms with van der Waals surface area (Å²) < 4.78 is 0. The lowest BCUT2D eigenvalue weighted by Crippen LogP contribution is -2.33. The van der Waals surface area contributed by atoms with Crippen LogP contribution in [0, 0.1) is 11.8 Å². The topological polar surface area (TPSA) is 23.5 Å². The van der Waals surface area contributed by atoms with Gasteiger partial charge in [-0.2, -0.15) is 0 Å². The zero-order valence-electron chi connectivity index (χ0n) is 12.4. The van der Waals surface area contributed by atoms with Crippen LogP contribution in [-0.4, -0.2) is 29.2 Å². The highest BCUT2D eigenvalue weighted by atomic mass is 16.2. The third kappa shape index (κ3) is 4.37. The van der Waals surface area contributed by atoms with Gasteiger partial charge in [0.2, 0.25) is 0 Å². The van der Waals surface area contributed by atoms with Crippen molar-refractivity contribution in [2.45, 2.75) is 51.6 Å². The minimum absolute atomic E-state index is 0.0751. The Morgan fingerprint density at radius 1 is 1.30 bits per heavy atom. The summed E-state index contributed by atoms with van der Waals surface area (Å²) in [5.41, 5.74) is 2.33. The van der Waals surface area contributed by atoms with Crippen LogP contribution < -0.4 is 0 Å². The highest BCUT2D eigenvalue weighted by molar-refractivity contribution is 5.37. The van der Waals surface area contributed by atoms with E-state index in [0.29, 0.717) is 0 Å². The second-order valence-corrected chi connectivity index (χ2v) is 5.54. The monoisotopic (exact) mass is 271 g/mol. The first-order valence-electron chi connectivity index (χ1n) is 7.76. The summed E-state index contributed by atoms with van der Waals surface area (Å²) in [5.74, 6) is 5.71. The quantitative estimate of drug-likeness (QED) is 0.854. The molecular weight excluding hydrogens is 246 g/mol. The van der Waals surface area contributed by atoms with Crippen LogP contribution in [0.1, 0.15) is 50.2 Å². The van der Waals surface area contributed by atoms with Gasteiger partial charge in [0.25, 0.3) is 0 Å². The molecule has 1 aromatic rings. The largest absolute Gasteiger partial charge is 0.384 e. The lowest BCUT2D eigenvalue weighted by Gasteiger charge is -2.29. The summed E-state index contributed by atoms with van der Waals surface area (Å²) in [6.07, 6.45) is 6.64. The van der Waals surface area contributed by atoms with Gasteiger partial charge in [-0.25, -0.2) is 0 Å². The van der Waals surface area contributed by atoms with Gasteiger partial charge >= 0.3 is 0 Å². The Labute approximate surface area is 122 Å². The molecule has 1 unspecified atom stereocenters. The molecule has 2 heteroatoms. The highest BCUT2D eigenvalue weighted by Gasteiger charge is 2.19. The van der Waals surface area contributed by atoms with Crippen LogP contribution in [-0.2, 0) is 6.54 Å². The molecule has 0 bridgehead atoms. The maximum Gasteiger partial charge on any atom is 0.104 e. The molecule has 1 heterocycles. The second-order valence-electron chi connectivity index (χ2n) is 5.54. The van der Waals surface area contributed by atoms with E-state index < -0.39 is 0 Å². The van der Waals surface area contributed by atoms with Gasteiger partial charge in [0.1, 0.15) is 6.61 Å². The van der Waals surface area contributed by atoms with E-state index in [1.54, 1.807) is 0 Å². The summed E-state index contributed by atoms with van der Waals surface area (Å²) in [6, 6.07) is 9.13. The Balaban J connectivity index is 2.07. The van der Waals surface area contributed by atoms with Crippen molar-refractivity contribution >= 4 is 0 Å². The zero-order valence-corrected chi connectivity index (χ0v) is 12.4. The van der Waals surface area contributed by atoms with Crippen LogP contribution in [0.2, 0.25) is 0 Å². The molecule has 1 aromatic carbocycles. The lowest BCUT2D eigenvalue weighted by atomic mass is 10.1. The van der Waals surface area contributed by atoms with Gasteiger partial charge in [-0.15, -0.1) is 0 Å². The Hall–Kier alpha value is -1.30. The first-order chi connectivity index (χ1) is 9.83. The Kier molecular flexibility index (Phi) is 6.11. The molecule has 1 aliphatic heterocycles. The molecule has 2 nitrogen and oxygen atoms in total. The predicted molar refractivity (Wildman–Crippen MR) is 83.4 cm³/mol. The van der Waals surface area contributed by atoms with E-state index in [0.717, 1.165) is 18.2 Å². The molecule has 20 heavy (non-hydrogen) atoms. The van der Waals surface area contributed by atoms with Crippen molar-refractivity contribution in [3.8, 4) is 11.8 Å². The van der Waals surface area contributed by atoms with Crippen molar-refractivity contribution in [1.82, 2.24) is 4.90 Å². The van der Waals surface area contributed by atoms with Crippen LogP contribution in [0.3, 0.4) is 0 Å². The van der Waals surface area contributed by atoms with E-state index in [2.05, 4.69) is 41.9 Å². The van der Waals surface area contributed by atoms with Crippen LogP contribution >= 0.6 is 0 Å². The van der Waals surface area contributed by atoms with Gasteiger partial charge in [-0.3, -0.25) is 4.90 Å². The lowest BCUT2D eigenvalue weighted by molar-refractivity contribution is 0.186. The number of likely N-dealkylation sites (tertiary alicyclic amines) is 1. The van der Waals surface area contributed by atoms with Gasteiger partial charge in [0, 0.05) is 18.2 Å². The van der Waals surface area contributed by atoms with Crippen molar-refractivity contribution in [3.05, 3.63) is 35.4 Å². The number of hydrogen-bond donors (Lipinski definition) is 1. The van der Waals surface area contributed by atoms with Gasteiger partial charge in [-0.1, -0.05) is 43.7 Å². The molecule has 1 saturated heterocycles. The molecule has 2 rings (SSSR count). The maximum atomic E-state index is 8.77. The van der Waals surface area contributed by atoms with E-state index in [1.165, 1.54) is 44.2 Å². The average Bonchev–Trinajstić information content (AvgIpc) is 2.70. The van der Waals surface area contributed by atoms with Crippen molar-refractivity contribution in [2.75, 3.05) is 13.2 Å². The first-order valence-corrected chi connectivity index (χ1v) is 7.76. The Morgan fingerprint density at radius 2 is 2.20 bits per heavy atom. The molecular formula is C18H25NO. The molecule has 1 atom stereocenters. The van der Waals surface area contributed by atoms with E-state index in [9.17, 15) is 0 Å². The van der Waals surface area contributed by atoms with E-state index >= 15 is 0 Å². The van der Waals surface area contributed by atoms with E-state index in [4.69, 9.17) is 5.11 Å². The minimum Gasteiger partial charge on any atom is -0.384 e. The fourth-order valence-corrected chi connectivity index (χ4v) is 3.03. The molecule has 1 fully saturated rings. The normalized spacial score (nSPS) is 20.0. The fourth-order valence-electron chi connectivity index (χ4n) is 3.03. The smallest absolute Gasteiger partial charge is 0.104 e. The van der Waals surface area contributed by atoms with Crippen LogP contribution in [0.4, 0.5) is 0 Å². The molecule has 108 valence electrons. The van der Waals surface area contributed by atoms with Crippen LogP contribution in [0.15, 0.2) is 24.3 Å². The van der Waals surface area contributed by atoms with Crippen molar-refractivity contribution in [1.29, 1.82) is 0 Å². The fraction of sp³-hybridized carbons (Fsp3) is 0.556. The number of benzene rings is 1. The third-order valence-corrected chi connectivity index (χ3v) is 4.09. The van der Waals surface area contributed by atoms with Crippen molar-refractivity contribution < 1.29 is 5.11 Å². The summed E-state index contributed by atoms with van der Waals surface area (Å²) in [4.78, 5) is 2.63. The third-order valence-electron chi connectivity index (χ3n) is 4.09. The van der Waals surface area contributed by atoms with Crippen molar-refractivity contribution in [3.63, 3.8) is 0 Å². The van der Waals surface area contributed by atoms with Gasteiger partial charge in [0.05, 0.1) is 0 Å². The summed E-state index contributed by atoms with van der Waals surface area (Å²) in [5, 5.41) is 8.77. The van der Waals surface area contributed by atoms with E-state index in [1.807, 2.05) is 6.07 Å². The zero-order chi connectivity index (χ0) is 14.2. The van der Waals surface area contributed by atoms with Crippen LogP contribution in [0.25, 0.3) is 0 Å². The molecule has 1 N–H and O–H groups in total. The molecule has 0 aliphatic carbocycles. The Morgan fingerprint density at radius 3 is 3.00 bits per heavy atom. The average molecular weight is 271 g/mol. The van der Waals surface area contributed by atoms with Crippen molar-refractivity contribution in [2.24, 2.45) is 0 Å². The van der Waals surface area contributed by atoms with Gasteiger partial charge < -0.3 is 5.11 Å². The molecule has 0 saturated carbocycles. The minimum atomic E-state index is -0.0751. The Bertz CT molecular complexity index is 472. The number of rotatable bonds is 3. The molecule has 0 spiro atoms. The summed E-state index contributed by atoms with van der Waals surface area (Å²) in [7, 11) is 0.